The average Bonchev–Trinajstić information content (AvgIpc) is 2.40. The number of hydrogen-bond acceptors (Lipinski definition) is 5. The number of Topliss-reactive ketones (excluding diaryl/α,β-unsaturated/α-hetero) is 1. The van der Waals surface area contributed by atoms with Crippen molar-refractivity contribution in [3.8, 4) is 5.75 Å². The van der Waals surface area contributed by atoms with Crippen LogP contribution in [0.2, 0.25) is 5.02 Å². The van der Waals surface area contributed by atoms with Gasteiger partial charge in [0.25, 0.3) is 0 Å². The Hall–Kier alpha value is -2.01. The summed E-state index contributed by atoms with van der Waals surface area (Å²) in [7, 11) is 1.10. The van der Waals surface area contributed by atoms with Crippen molar-refractivity contribution < 1.29 is 24.2 Å². The second-order valence-corrected chi connectivity index (χ2v) is 4.44. The summed E-state index contributed by atoms with van der Waals surface area (Å²) >= 11 is 5.73. The molecule has 0 fully saturated rings. The van der Waals surface area contributed by atoms with Gasteiger partial charge in [0, 0.05) is 5.02 Å². The summed E-state index contributed by atoms with van der Waals surface area (Å²) in [6.07, 6.45) is -0.992. The molecule has 0 aliphatic heterocycles. The topological polar surface area (TPSA) is 75.7 Å². The lowest BCUT2D eigenvalue weighted by Gasteiger charge is -2.24. The molecule has 6 heteroatoms. The van der Waals surface area contributed by atoms with E-state index in [2.05, 4.69) is 4.74 Å². The molecule has 0 aliphatic carbocycles. The minimum absolute atomic E-state index is 0.406. The zero-order valence-electron chi connectivity index (χ0n) is 11.3. The molecule has 1 atom stereocenters. The highest BCUT2D eigenvalue weighted by atomic mass is 35.5. The maximum absolute atomic E-state index is 12.0. The highest BCUT2D eigenvalue weighted by Crippen LogP contribution is 2.19. The minimum atomic E-state index is -0.992. The van der Waals surface area contributed by atoms with Crippen LogP contribution in [0.15, 0.2) is 35.6 Å². The van der Waals surface area contributed by atoms with E-state index >= 15 is 0 Å². The molecule has 0 aliphatic rings. The van der Waals surface area contributed by atoms with E-state index in [0.717, 1.165) is 14.0 Å². The van der Waals surface area contributed by atoms with Gasteiger partial charge in [0.15, 0.2) is 5.78 Å². The number of ketones is 1. The van der Waals surface area contributed by atoms with Crippen LogP contribution in [-0.4, -0.2) is 25.0 Å². The van der Waals surface area contributed by atoms with Gasteiger partial charge < -0.3 is 14.6 Å². The molecule has 20 heavy (non-hydrogen) atoms. The molecule has 0 saturated carbocycles. The molecular formula is C14H14ClO5-. The van der Waals surface area contributed by atoms with Crippen LogP contribution in [0.25, 0.3) is 0 Å². The van der Waals surface area contributed by atoms with Crippen molar-refractivity contribution in [2.24, 2.45) is 0 Å². The van der Waals surface area contributed by atoms with Crippen LogP contribution in [0.5, 0.6) is 5.75 Å². The van der Waals surface area contributed by atoms with E-state index in [-0.39, 0.29) is 0 Å². The molecule has 5 nitrogen and oxygen atoms in total. The fourth-order valence-corrected chi connectivity index (χ4v) is 1.62. The summed E-state index contributed by atoms with van der Waals surface area (Å²) in [5, 5.41) is 12.6. The first-order valence-electron chi connectivity index (χ1n) is 5.79. The second kappa shape index (κ2) is 6.96. The molecule has 0 aromatic heterocycles. The summed E-state index contributed by atoms with van der Waals surface area (Å²) in [5.74, 6) is -1.94. The van der Waals surface area contributed by atoms with Crippen molar-refractivity contribution in [3.05, 3.63) is 40.6 Å². The lowest BCUT2D eigenvalue weighted by molar-refractivity contribution is -0.318. The number of methoxy groups -OCH3 is 1. The molecule has 1 aromatic carbocycles. The number of halogens is 1. The molecule has 0 bridgehead atoms. The summed E-state index contributed by atoms with van der Waals surface area (Å²) in [5.41, 5.74) is -0.533. The van der Waals surface area contributed by atoms with Crippen molar-refractivity contribution in [3.63, 3.8) is 0 Å². The van der Waals surface area contributed by atoms with Gasteiger partial charge in [-0.1, -0.05) is 17.4 Å². The van der Waals surface area contributed by atoms with Crippen molar-refractivity contribution in [1.29, 1.82) is 0 Å². The van der Waals surface area contributed by atoms with E-state index in [1.165, 1.54) is 6.92 Å². The van der Waals surface area contributed by atoms with Crippen LogP contribution in [-0.2, 0) is 14.3 Å². The van der Waals surface area contributed by atoms with Gasteiger partial charge in [0.1, 0.15) is 11.9 Å². The molecule has 0 amide bonds. The van der Waals surface area contributed by atoms with Gasteiger partial charge in [-0.2, -0.15) is 0 Å². The minimum Gasteiger partial charge on any atom is -0.872 e. The Kier molecular flexibility index (Phi) is 5.58. The van der Waals surface area contributed by atoms with Crippen molar-refractivity contribution >= 4 is 23.4 Å². The Bertz CT molecular complexity index is 533. The molecule has 0 spiro atoms. The van der Waals surface area contributed by atoms with Crippen LogP contribution < -0.4 is 9.84 Å². The predicted molar refractivity (Wildman–Crippen MR) is 71.3 cm³/mol. The number of carbonyl (C=O) groups is 2. The molecular weight excluding hydrogens is 284 g/mol. The quantitative estimate of drug-likeness (QED) is 0.270. The van der Waals surface area contributed by atoms with Crippen molar-refractivity contribution in [2.45, 2.75) is 20.0 Å². The Labute approximate surface area is 121 Å². The van der Waals surface area contributed by atoms with E-state index in [1.807, 2.05) is 0 Å². The van der Waals surface area contributed by atoms with Crippen LogP contribution in [0.4, 0.5) is 0 Å². The van der Waals surface area contributed by atoms with Gasteiger partial charge in [-0.3, -0.25) is 4.79 Å². The standard InChI is InChI=1S/C14H15ClO5/c1-8(16)12(14(18)19-3)13(17)9(2)20-11-6-4-10(15)5-7-11/h4-7,9,17H,1-3H3/p-1. The zero-order chi connectivity index (χ0) is 15.3. The number of carbonyl (C=O) groups excluding carboxylic acids is 2. The summed E-state index contributed by atoms with van der Waals surface area (Å²) in [6, 6.07) is 6.36. The van der Waals surface area contributed by atoms with Gasteiger partial charge in [0.2, 0.25) is 0 Å². The molecule has 0 N–H and O–H groups in total. The maximum Gasteiger partial charge on any atom is 0.340 e. The molecule has 0 radical (unpaired) electrons. The third kappa shape index (κ3) is 3.99. The van der Waals surface area contributed by atoms with Crippen LogP contribution in [0, 0.1) is 0 Å². The Balaban J connectivity index is 2.98. The highest BCUT2D eigenvalue weighted by molar-refractivity contribution is 6.30. The lowest BCUT2D eigenvalue weighted by atomic mass is 10.1. The van der Waals surface area contributed by atoms with E-state index in [0.29, 0.717) is 10.8 Å². The first-order valence-corrected chi connectivity index (χ1v) is 6.17. The molecule has 0 heterocycles. The largest absolute Gasteiger partial charge is 0.872 e. The first kappa shape index (κ1) is 16.0. The van der Waals surface area contributed by atoms with E-state index < -0.39 is 29.2 Å². The monoisotopic (exact) mass is 297 g/mol. The zero-order valence-corrected chi connectivity index (χ0v) is 12.1. The van der Waals surface area contributed by atoms with Gasteiger partial charge in [-0.15, -0.1) is 0 Å². The number of ether oxygens (including phenoxy) is 2. The predicted octanol–water partition coefficient (Wildman–Crippen LogP) is 1.48. The third-order valence-electron chi connectivity index (χ3n) is 2.48. The van der Waals surface area contributed by atoms with Crippen LogP contribution in [0.1, 0.15) is 13.8 Å². The van der Waals surface area contributed by atoms with Gasteiger partial charge in [0.05, 0.1) is 12.7 Å². The second-order valence-electron chi connectivity index (χ2n) is 4.00. The normalized spacial score (nSPS) is 13.2. The average molecular weight is 298 g/mol. The van der Waals surface area contributed by atoms with Gasteiger partial charge in [-0.05, 0) is 38.1 Å². The number of hydrogen-bond donors (Lipinski definition) is 0. The fraction of sp³-hybridized carbons (Fsp3) is 0.286. The molecule has 1 rings (SSSR count). The molecule has 1 aromatic rings. The number of benzene rings is 1. The van der Waals surface area contributed by atoms with Crippen LogP contribution >= 0.6 is 11.6 Å². The fourth-order valence-electron chi connectivity index (χ4n) is 1.49. The van der Waals surface area contributed by atoms with Gasteiger partial charge >= 0.3 is 5.97 Å². The lowest BCUT2D eigenvalue weighted by Crippen LogP contribution is -2.30. The van der Waals surface area contributed by atoms with Crippen molar-refractivity contribution in [1.82, 2.24) is 0 Å². The van der Waals surface area contributed by atoms with E-state index in [1.54, 1.807) is 24.3 Å². The van der Waals surface area contributed by atoms with Crippen molar-refractivity contribution in [2.75, 3.05) is 7.11 Å². The molecule has 1 unspecified atom stereocenters. The smallest absolute Gasteiger partial charge is 0.340 e. The van der Waals surface area contributed by atoms with E-state index in [9.17, 15) is 14.7 Å². The number of rotatable bonds is 5. The summed E-state index contributed by atoms with van der Waals surface area (Å²) < 4.78 is 9.79. The summed E-state index contributed by atoms with van der Waals surface area (Å²) in [6.45, 7) is 2.57. The first-order chi connectivity index (χ1) is 9.36. The SMILES string of the molecule is COC(=O)C(C(C)=O)=C([O-])C(C)Oc1ccc(Cl)cc1. The highest BCUT2D eigenvalue weighted by Gasteiger charge is 2.19. The van der Waals surface area contributed by atoms with Crippen LogP contribution in [0.3, 0.4) is 0 Å². The molecule has 0 saturated heterocycles. The Morgan fingerprint density at radius 2 is 1.80 bits per heavy atom. The maximum atomic E-state index is 12.0. The summed E-state index contributed by atoms with van der Waals surface area (Å²) in [4.78, 5) is 22.8. The molecule has 108 valence electrons. The Morgan fingerprint density at radius 3 is 2.25 bits per heavy atom. The Morgan fingerprint density at radius 1 is 1.25 bits per heavy atom. The van der Waals surface area contributed by atoms with Gasteiger partial charge in [-0.25, -0.2) is 4.79 Å². The van der Waals surface area contributed by atoms with E-state index in [4.69, 9.17) is 16.3 Å². The third-order valence-corrected chi connectivity index (χ3v) is 2.74. The number of esters is 1.